The van der Waals surface area contributed by atoms with Gasteiger partial charge in [-0.1, -0.05) is 24.2 Å². The van der Waals surface area contributed by atoms with Crippen LogP contribution in [0.3, 0.4) is 0 Å². The van der Waals surface area contributed by atoms with E-state index < -0.39 is 0 Å². The second-order valence-corrected chi connectivity index (χ2v) is 6.99. The number of nitrogens with zero attached hydrogens (tertiary/aromatic N) is 3. The fourth-order valence-electron chi connectivity index (χ4n) is 3.52. The van der Waals surface area contributed by atoms with Gasteiger partial charge >= 0.3 is 0 Å². The van der Waals surface area contributed by atoms with E-state index in [2.05, 4.69) is 29.2 Å². The predicted molar refractivity (Wildman–Crippen MR) is 108 cm³/mol. The van der Waals surface area contributed by atoms with Crippen molar-refractivity contribution in [2.45, 2.75) is 25.7 Å². The number of ether oxygens (including phenoxy) is 2. The van der Waals surface area contributed by atoms with E-state index in [0.717, 1.165) is 12.1 Å². The smallest absolute Gasteiger partial charge is 0.258 e. The molecular formula is C22H23N3O4. The topological polar surface area (TPSA) is 77.7 Å². The summed E-state index contributed by atoms with van der Waals surface area (Å²) in [7, 11) is 3.17. The number of rotatable bonds is 6. The minimum absolute atomic E-state index is 0.0673. The molecule has 0 saturated carbocycles. The van der Waals surface area contributed by atoms with Gasteiger partial charge in [-0.25, -0.2) is 0 Å². The molecule has 1 atom stereocenters. The van der Waals surface area contributed by atoms with E-state index in [1.54, 1.807) is 25.2 Å². The average Bonchev–Trinajstić information content (AvgIpc) is 3.40. The molecule has 1 aliphatic rings. The Kier molecular flexibility index (Phi) is 5.20. The molecule has 2 aromatic carbocycles. The molecule has 1 amide bonds. The first-order chi connectivity index (χ1) is 14.1. The molecule has 0 N–H and O–H groups in total. The van der Waals surface area contributed by atoms with Gasteiger partial charge in [0.1, 0.15) is 11.5 Å². The lowest BCUT2D eigenvalue weighted by molar-refractivity contribution is -0.117. The summed E-state index contributed by atoms with van der Waals surface area (Å²) in [5, 5.41) is 4.14. The Bertz CT molecular complexity index is 1010. The number of methoxy groups -OCH3 is 2. The fraction of sp³-hybridized carbons (Fsp3) is 0.318. The largest absolute Gasteiger partial charge is 0.497 e. The minimum Gasteiger partial charge on any atom is -0.497 e. The van der Waals surface area contributed by atoms with Crippen LogP contribution in [0.15, 0.2) is 47.0 Å². The van der Waals surface area contributed by atoms with Crippen LogP contribution in [-0.4, -0.2) is 36.8 Å². The van der Waals surface area contributed by atoms with E-state index in [1.807, 2.05) is 24.3 Å². The zero-order valence-corrected chi connectivity index (χ0v) is 16.7. The predicted octanol–water partition coefficient (Wildman–Crippen LogP) is 3.84. The molecule has 2 heterocycles. The third-order valence-electron chi connectivity index (χ3n) is 5.16. The number of hydrogen-bond donors (Lipinski definition) is 0. The first-order valence-corrected chi connectivity index (χ1v) is 9.57. The number of carbonyl (C=O) groups excluding carboxylic acids is 1. The number of aryl methyl sites for hydroxylation is 1. The highest BCUT2D eigenvalue weighted by molar-refractivity contribution is 5.96. The maximum absolute atomic E-state index is 12.6. The van der Waals surface area contributed by atoms with Crippen LogP contribution >= 0.6 is 0 Å². The van der Waals surface area contributed by atoms with Crippen molar-refractivity contribution in [1.82, 2.24) is 10.1 Å². The lowest BCUT2D eigenvalue weighted by Gasteiger charge is -2.17. The third kappa shape index (κ3) is 3.81. The molecule has 0 spiro atoms. The van der Waals surface area contributed by atoms with Crippen molar-refractivity contribution < 1.29 is 18.8 Å². The van der Waals surface area contributed by atoms with Gasteiger partial charge in [-0.15, -0.1) is 0 Å². The van der Waals surface area contributed by atoms with Crippen LogP contribution in [0.1, 0.15) is 30.7 Å². The van der Waals surface area contributed by atoms with Crippen molar-refractivity contribution in [3.63, 3.8) is 0 Å². The van der Waals surface area contributed by atoms with Crippen molar-refractivity contribution in [2.75, 3.05) is 25.7 Å². The number of benzene rings is 2. The molecule has 1 fully saturated rings. The molecule has 0 radical (unpaired) electrons. The van der Waals surface area contributed by atoms with Crippen LogP contribution in [0.4, 0.5) is 5.69 Å². The first-order valence-electron chi connectivity index (χ1n) is 9.57. The Balaban J connectivity index is 1.57. The summed E-state index contributed by atoms with van der Waals surface area (Å²) in [5.41, 5.74) is 2.82. The van der Waals surface area contributed by atoms with E-state index in [0.29, 0.717) is 41.7 Å². The monoisotopic (exact) mass is 393 g/mol. The molecule has 7 nitrogen and oxygen atoms in total. The molecule has 1 aromatic heterocycles. The van der Waals surface area contributed by atoms with Crippen molar-refractivity contribution in [2.24, 2.45) is 0 Å². The molecule has 0 bridgehead atoms. The average molecular weight is 393 g/mol. The van der Waals surface area contributed by atoms with Crippen molar-refractivity contribution in [3.05, 3.63) is 53.9 Å². The maximum Gasteiger partial charge on any atom is 0.258 e. The van der Waals surface area contributed by atoms with Crippen LogP contribution in [0, 0.1) is 0 Å². The van der Waals surface area contributed by atoms with Crippen molar-refractivity contribution in [3.8, 4) is 23.0 Å². The molecular weight excluding hydrogens is 370 g/mol. The molecule has 0 aliphatic carbocycles. The fourth-order valence-corrected chi connectivity index (χ4v) is 3.52. The molecule has 4 rings (SSSR count). The zero-order valence-electron chi connectivity index (χ0n) is 16.7. The zero-order chi connectivity index (χ0) is 20.4. The van der Waals surface area contributed by atoms with Gasteiger partial charge in [-0.2, -0.15) is 4.98 Å². The number of hydrogen-bond acceptors (Lipinski definition) is 6. The number of anilines is 1. The molecule has 1 saturated heterocycles. The summed E-state index contributed by atoms with van der Waals surface area (Å²) in [6.07, 6.45) is 1.29. The summed E-state index contributed by atoms with van der Waals surface area (Å²) in [4.78, 5) is 19.0. The van der Waals surface area contributed by atoms with Crippen LogP contribution in [0.25, 0.3) is 11.5 Å². The van der Waals surface area contributed by atoms with Gasteiger partial charge in [0.15, 0.2) is 5.82 Å². The Hall–Kier alpha value is -3.35. The molecule has 3 aromatic rings. The molecule has 7 heteroatoms. The van der Waals surface area contributed by atoms with Crippen LogP contribution in [0.2, 0.25) is 0 Å². The maximum atomic E-state index is 12.6. The summed E-state index contributed by atoms with van der Waals surface area (Å²) >= 11 is 0. The molecule has 29 heavy (non-hydrogen) atoms. The van der Waals surface area contributed by atoms with Gasteiger partial charge in [-0.3, -0.25) is 4.79 Å². The summed E-state index contributed by atoms with van der Waals surface area (Å²) < 4.78 is 16.1. The van der Waals surface area contributed by atoms with Crippen molar-refractivity contribution >= 4 is 11.6 Å². The SMILES string of the molecule is CCc1cccc(N2CC(c3noc(-c4cc(OC)cc(OC)c4)n3)CC2=O)c1. The Morgan fingerprint density at radius 3 is 2.59 bits per heavy atom. The number of amides is 1. The Labute approximate surface area is 169 Å². The van der Waals surface area contributed by atoms with Crippen LogP contribution in [0.5, 0.6) is 11.5 Å². The highest BCUT2D eigenvalue weighted by atomic mass is 16.5. The minimum atomic E-state index is -0.113. The van der Waals surface area contributed by atoms with Gasteiger partial charge in [0.05, 0.1) is 14.2 Å². The number of aromatic nitrogens is 2. The van der Waals surface area contributed by atoms with E-state index in [1.165, 1.54) is 5.56 Å². The highest BCUT2D eigenvalue weighted by Gasteiger charge is 2.34. The van der Waals surface area contributed by atoms with Gasteiger partial charge < -0.3 is 18.9 Å². The normalized spacial score (nSPS) is 16.3. The van der Waals surface area contributed by atoms with E-state index >= 15 is 0 Å². The lowest BCUT2D eigenvalue weighted by atomic mass is 10.1. The van der Waals surface area contributed by atoms with Gasteiger partial charge in [-0.05, 0) is 36.2 Å². The lowest BCUT2D eigenvalue weighted by Crippen LogP contribution is -2.24. The van der Waals surface area contributed by atoms with Gasteiger partial charge in [0.2, 0.25) is 5.91 Å². The highest BCUT2D eigenvalue weighted by Crippen LogP contribution is 2.33. The number of carbonyl (C=O) groups is 1. The van der Waals surface area contributed by atoms with E-state index in [-0.39, 0.29) is 11.8 Å². The quantitative estimate of drug-likeness (QED) is 0.633. The van der Waals surface area contributed by atoms with E-state index in [9.17, 15) is 4.79 Å². The molecule has 1 unspecified atom stereocenters. The first kappa shape index (κ1) is 19.0. The summed E-state index contributed by atoms with van der Waals surface area (Å²) in [6, 6.07) is 13.5. The van der Waals surface area contributed by atoms with Crippen LogP contribution in [-0.2, 0) is 11.2 Å². The van der Waals surface area contributed by atoms with E-state index in [4.69, 9.17) is 14.0 Å². The second-order valence-electron chi connectivity index (χ2n) is 6.99. The van der Waals surface area contributed by atoms with Crippen LogP contribution < -0.4 is 14.4 Å². The molecule has 150 valence electrons. The summed E-state index contributed by atoms with van der Waals surface area (Å²) in [6.45, 7) is 2.63. The van der Waals surface area contributed by atoms with Gasteiger partial charge in [0.25, 0.3) is 5.89 Å². The Morgan fingerprint density at radius 1 is 1.14 bits per heavy atom. The molecule has 1 aliphatic heterocycles. The van der Waals surface area contributed by atoms with Crippen molar-refractivity contribution in [1.29, 1.82) is 0 Å². The summed E-state index contributed by atoms with van der Waals surface area (Å²) in [5.74, 6) is 2.13. The second kappa shape index (κ2) is 7.95. The third-order valence-corrected chi connectivity index (χ3v) is 5.16. The Morgan fingerprint density at radius 2 is 1.90 bits per heavy atom. The van der Waals surface area contributed by atoms with Gasteiger partial charge in [0, 0.05) is 36.2 Å². The standard InChI is InChI=1S/C22H23N3O4/c1-4-14-6-5-7-17(8-14)25-13-16(11-20(25)26)21-23-22(29-24-21)15-9-18(27-2)12-19(10-15)28-3/h5-10,12,16H,4,11,13H2,1-3H3.